The molecular weight excluding hydrogens is 374 g/mol. The van der Waals surface area contributed by atoms with Crippen molar-refractivity contribution in [2.75, 3.05) is 11.9 Å². The summed E-state index contributed by atoms with van der Waals surface area (Å²) in [6.45, 7) is 2.06. The highest BCUT2D eigenvalue weighted by Gasteiger charge is 2.13. The predicted molar refractivity (Wildman–Crippen MR) is 107 cm³/mol. The molecule has 0 fully saturated rings. The molecule has 0 radical (unpaired) electrons. The van der Waals surface area contributed by atoms with E-state index in [9.17, 15) is 14.4 Å². The SMILES string of the molecule is CCn1c(=O)[nH]c2nc(-c3ccc(NCC(=O)c4cccnc4)nc3)[nH]c2c1=O. The fraction of sp³-hybridized carbons (Fsp3) is 0.158. The number of ketones is 1. The van der Waals surface area contributed by atoms with Crippen molar-refractivity contribution in [1.82, 2.24) is 29.5 Å². The van der Waals surface area contributed by atoms with E-state index in [1.54, 1.807) is 43.6 Å². The first-order valence-electron chi connectivity index (χ1n) is 8.93. The third kappa shape index (κ3) is 3.55. The van der Waals surface area contributed by atoms with Crippen molar-refractivity contribution in [2.24, 2.45) is 0 Å². The first-order chi connectivity index (χ1) is 14.1. The number of aromatic nitrogens is 6. The smallest absolute Gasteiger partial charge is 0.330 e. The molecule has 4 rings (SSSR count). The highest BCUT2D eigenvalue weighted by Crippen LogP contribution is 2.18. The maximum Gasteiger partial charge on any atom is 0.330 e. The van der Waals surface area contributed by atoms with Crippen LogP contribution >= 0.6 is 0 Å². The van der Waals surface area contributed by atoms with Gasteiger partial charge in [0, 0.05) is 36.3 Å². The van der Waals surface area contributed by atoms with E-state index in [2.05, 4.69) is 30.2 Å². The number of rotatable bonds is 6. The Balaban J connectivity index is 1.53. The predicted octanol–water partition coefficient (Wildman–Crippen LogP) is 1.18. The van der Waals surface area contributed by atoms with Crippen molar-refractivity contribution >= 4 is 22.8 Å². The van der Waals surface area contributed by atoms with E-state index in [0.717, 1.165) is 4.57 Å². The molecule has 0 saturated carbocycles. The van der Waals surface area contributed by atoms with Crippen LogP contribution in [0, 0.1) is 0 Å². The minimum absolute atomic E-state index is 0.0838. The van der Waals surface area contributed by atoms with Gasteiger partial charge in [0.25, 0.3) is 5.56 Å². The number of anilines is 1. The molecule has 0 aliphatic heterocycles. The highest BCUT2D eigenvalue weighted by atomic mass is 16.2. The van der Waals surface area contributed by atoms with E-state index in [-0.39, 0.29) is 30.0 Å². The van der Waals surface area contributed by atoms with Crippen LogP contribution in [-0.2, 0) is 6.54 Å². The molecule has 0 atom stereocenters. The monoisotopic (exact) mass is 391 g/mol. The molecule has 0 unspecified atom stereocenters. The van der Waals surface area contributed by atoms with Gasteiger partial charge in [-0.15, -0.1) is 0 Å². The summed E-state index contributed by atoms with van der Waals surface area (Å²) in [7, 11) is 0. The summed E-state index contributed by atoms with van der Waals surface area (Å²) in [5, 5.41) is 2.96. The summed E-state index contributed by atoms with van der Waals surface area (Å²) in [5.41, 5.74) is 0.651. The number of hydrogen-bond donors (Lipinski definition) is 3. The molecule has 4 aromatic rings. The van der Waals surface area contributed by atoms with Crippen LogP contribution in [0.5, 0.6) is 0 Å². The number of nitrogens with zero attached hydrogens (tertiary/aromatic N) is 4. The molecule has 10 heteroatoms. The first-order valence-corrected chi connectivity index (χ1v) is 8.93. The normalized spacial score (nSPS) is 10.9. The number of carbonyl (C=O) groups excluding carboxylic acids is 1. The van der Waals surface area contributed by atoms with Crippen LogP contribution in [0.25, 0.3) is 22.6 Å². The van der Waals surface area contributed by atoms with Crippen LogP contribution in [0.2, 0.25) is 0 Å². The molecule has 4 heterocycles. The van der Waals surface area contributed by atoms with E-state index in [1.807, 2.05) is 0 Å². The summed E-state index contributed by atoms with van der Waals surface area (Å²) in [6.07, 6.45) is 4.68. The van der Waals surface area contributed by atoms with Gasteiger partial charge in [-0.3, -0.25) is 24.1 Å². The molecule has 4 aromatic heterocycles. The number of carbonyl (C=O) groups is 1. The average Bonchev–Trinajstić information content (AvgIpc) is 3.17. The minimum Gasteiger partial charge on any atom is -0.363 e. The average molecular weight is 391 g/mol. The van der Waals surface area contributed by atoms with Crippen LogP contribution in [0.3, 0.4) is 0 Å². The largest absolute Gasteiger partial charge is 0.363 e. The Morgan fingerprint density at radius 3 is 2.72 bits per heavy atom. The Hall–Kier alpha value is -4.08. The zero-order valence-electron chi connectivity index (χ0n) is 15.5. The van der Waals surface area contributed by atoms with Crippen molar-refractivity contribution in [3.63, 3.8) is 0 Å². The molecule has 0 bridgehead atoms. The van der Waals surface area contributed by atoms with Crippen molar-refractivity contribution in [3.05, 3.63) is 69.3 Å². The van der Waals surface area contributed by atoms with Gasteiger partial charge in [0.2, 0.25) is 0 Å². The Morgan fingerprint density at radius 2 is 2.03 bits per heavy atom. The molecule has 10 nitrogen and oxygen atoms in total. The van der Waals surface area contributed by atoms with Gasteiger partial charge < -0.3 is 10.3 Å². The summed E-state index contributed by atoms with van der Waals surface area (Å²) in [4.78, 5) is 54.4. The van der Waals surface area contributed by atoms with Gasteiger partial charge in [-0.25, -0.2) is 14.8 Å². The molecular formula is C19H17N7O3. The zero-order chi connectivity index (χ0) is 20.4. The minimum atomic E-state index is -0.501. The second-order valence-electron chi connectivity index (χ2n) is 6.24. The van der Waals surface area contributed by atoms with Crippen LogP contribution in [0.4, 0.5) is 5.82 Å². The highest BCUT2D eigenvalue weighted by molar-refractivity contribution is 5.98. The fourth-order valence-electron chi connectivity index (χ4n) is 2.88. The number of hydrogen-bond acceptors (Lipinski definition) is 7. The summed E-state index contributed by atoms with van der Waals surface area (Å²) >= 11 is 0. The number of pyridine rings is 2. The number of H-pyrrole nitrogens is 2. The second-order valence-corrected chi connectivity index (χ2v) is 6.24. The van der Waals surface area contributed by atoms with Crippen LogP contribution in [-0.4, -0.2) is 41.8 Å². The molecule has 0 aliphatic carbocycles. The van der Waals surface area contributed by atoms with Gasteiger partial charge >= 0.3 is 5.69 Å². The zero-order valence-corrected chi connectivity index (χ0v) is 15.5. The van der Waals surface area contributed by atoms with Crippen LogP contribution in [0.15, 0.2) is 52.4 Å². The van der Waals surface area contributed by atoms with Crippen LogP contribution in [0.1, 0.15) is 17.3 Å². The van der Waals surface area contributed by atoms with E-state index in [1.165, 1.54) is 6.20 Å². The third-order valence-corrected chi connectivity index (χ3v) is 4.40. The third-order valence-electron chi connectivity index (χ3n) is 4.40. The summed E-state index contributed by atoms with van der Waals surface area (Å²) < 4.78 is 1.09. The van der Waals surface area contributed by atoms with Gasteiger partial charge in [0.15, 0.2) is 11.4 Å². The Labute approximate surface area is 163 Å². The maximum atomic E-state index is 12.4. The number of Topliss-reactive ketones (excluding diaryl/α,β-unsaturated/α-hetero) is 1. The number of nitrogens with one attached hydrogen (secondary N) is 3. The van der Waals surface area contributed by atoms with Gasteiger partial charge in [-0.2, -0.15) is 0 Å². The first kappa shape index (κ1) is 18.3. The van der Waals surface area contributed by atoms with E-state index >= 15 is 0 Å². The van der Waals surface area contributed by atoms with E-state index in [0.29, 0.717) is 22.8 Å². The quantitative estimate of drug-likeness (QED) is 0.420. The standard InChI is InChI=1S/C19H17N7O3/c1-2-26-18(28)15-17(25-19(26)29)24-16(23-15)12-5-6-14(21-9-12)22-10-13(27)11-4-3-7-20-8-11/h3-9H,2,10H2,1H3,(H,21,22)(H,23,24)(H,25,29). The summed E-state index contributed by atoms with van der Waals surface area (Å²) in [6, 6.07) is 6.85. The molecule has 0 saturated heterocycles. The molecule has 0 amide bonds. The molecule has 0 aliphatic rings. The number of fused-ring (bicyclic) bond motifs is 1. The van der Waals surface area contributed by atoms with E-state index in [4.69, 9.17) is 0 Å². The maximum absolute atomic E-state index is 12.4. The van der Waals surface area contributed by atoms with Crippen molar-refractivity contribution < 1.29 is 4.79 Å². The van der Waals surface area contributed by atoms with Gasteiger partial charge in [-0.05, 0) is 31.2 Å². The number of imidazole rings is 1. The lowest BCUT2D eigenvalue weighted by molar-refractivity contribution is 0.101. The Morgan fingerprint density at radius 1 is 1.17 bits per heavy atom. The lowest BCUT2D eigenvalue weighted by Gasteiger charge is -2.05. The van der Waals surface area contributed by atoms with Gasteiger partial charge in [0.1, 0.15) is 17.2 Å². The van der Waals surface area contributed by atoms with Gasteiger partial charge in [-0.1, -0.05) is 0 Å². The second kappa shape index (κ2) is 7.50. The molecule has 29 heavy (non-hydrogen) atoms. The summed E-state index contributed by atoms with van der Waals surface area (Å²) in [5.74, 6) is 0.827. The molecule has 0 aromatic carbocycles. The molecule has 3 N–H and O–H groups in total. The van der Waals surface area contributed by atoms with Crippen LogP contribution < -0.4 is 16.6 Å². The van der Waals surface area contributed by atoms with Crippen molar-refractivity contribution in [3.8, 4) is 11.4 Å². The topological polar surface area (TPSA) is 138 Å². The Kier molecular flexibility index (Phi) is 4.73. The lowest BCUT2D eigenvalue weighted by Crippen LogP contribution is -2.34. The van der Waals surface area contributed by atoms with Crippen molar-refractivity contribution in [1.29, 1.82) is 0 Å². The Bertz CT molecular complexity index is 1290. The lowest BCUT2D eigenvalue weighted by atomic mass is 10.2. The fourth-order valence-corrected chi connectivity index (χ4v) is 2.88. The number of aromatic amines is 2. The van der Waals surface area contributed by atoms with Crippen molar-refractivity contribution in [2.45, 2.75) is 13.5 Å². The van der Waals surface area contributed by atoms with E-state index < -0.39 is 11.2 Å². The van der Waals surface area contributed by atoms with Gasteiger partial charge in [0.05, 0.1) is 6.54 Å². The molecule has 146 valence electrons. The molecule has 0 spiro atoms.